The zero-order valence-electron chi connectivity index (χ0n) is 7.71. The summed E-state index contributed by atoms with van der Waals surface area (Å²) >= 11 is 1.74. The summed E-state index contributed by atoms with van der Waals surface area (Å²) in [5.74, 6) is 0. The minimum atomic E-state index is 0.792. The van der Waals surface area contributed by atoms with E-state index in [1.807, 2.05) is 0 Å². The number of hydrogen-bond donors (Lipinski definition) is 1. The van der Waals surface area contributed by atoms with E-state index in [0.717, 1.165) is 13.2 Å². The van der Waals surface area contributed by atoms with Gasteiger partial charge in [-0.3, -0.25) is 0 Å². The first kappa shape index (κ1) is 10.3. The summed E-state index contributed by atoms with van der Waals surface area (Å²) in [4.78, 5) is 0. The molecule has 0 radical (unpaired) electrons. The molecule has 0 aromatic rings. The molecule has 0 atom stereocenters. The first-order valence-corrected chi connectivity index (χ1v) is 5.34. The fourth-order valence-electron chi connectivity index (χ4n) is 1.24. The number of methoxy groups -OCH3 is 1. The molecular formula is C8H18N2OS. The zero-order valence-corrected chi connectivity index (χ0v) is 8.53. The summed E-state index contributed by atoms with van der Waals surface area (Å²) in [7, 11) is 1.73. The average Bonchev–Trinajstić information content (AvgIpc) is 2.14. The molecule has 0 amide bonds. The van der Waals surface area contributed by atoms with Crippen LogP contribution >= 0.6 is 12.1 Å². The number of ether oxygens (including phenoxy) is 1. The van der Waals surface area contributed by atoms with Crippen LogP contribution in [0.15, 0.2) is 0 Å². The predicted octanol–water partition coefficient (Wildman–Crippen LogP) is 1.27. The topological polar surface area (TPSA) is 24.5 Å². The lowest BCUT2D eigenvalue weighted by Gasteiger charge is -2.24. The lowest BCUT2D eigenvalue weighted by Crippen LogP contribution is -2.27. The van der Waals surface area contributed by atoms with E-state index >= 15 is 0 Å². The van der Waals surface area contributed by atoms with Crippen LogP contribution in [-0.4, -0.2) is 37.7 Å². The predicted molar refractivity (Wildman–Crippen MR) is 52.9 cm³/mol. The van der Waals surface area contributed by atoms with Crippen LogP contribution in [0, 0.1) is 0 Å². The van der Waals surface area contributed by atoms with Gasteiger partial charge in [-0.05, 0) is 12.8 Å². The first-order valence-electron chi connectivity index (χ1n) is 4.57. The van der Waals surface area contributed by atoms with Crippen molar-refractivity contribution < 1.29 is 4.74 Å². The van der Waals surface area contributed by atoms with Crippen LogP contribution in [0.3, 0.4) is 0 Å². The molecule has 1 N–H and O–H groups in total. The fourth-order valence-corrected chi connectivity index (χ4v) is 2.03. The largest absolute Gasteiger partial charge is 0.383 e. The van der Waals surface area contributed by atoms with Crippen LogP contribution in [0.25, 0.3) is 0 Å². The van der Waals surface area contributed by atoms with Crippen molar-refractivity contribution in [3.8, 4) is 0 Å². The van der Waals surface area contributed by atoms with Crippen molar-refractivity contribution >= 4 is 12.1 Å². The summed E-state index contributed by atoms with van der Waals surface area (Å²) in [5, 5.41) is 0. The molecule has 3 nitrogen and oxygen atoms in total. The van der Waals surface area contributed by atoms with Crippen molar-refractivity contribution in [2.75, 3.05) is 33.4 Å². The zero-order chi connectivity index (χ0) is 8.65. The molecule has 1 saturated heterocycles. The summed E-state index contributed by atoms with van der Waals surface area (Å²) in [6.45, 7) is 4.17. The minimum absolute atomic E-state index is 0.792. The molecule has 1 heterocycles. The molecule has 1 rings (SSSR count). The van der Waals surface area contributed by atoms with Crippen molar-refractivity contribution in [1.29, 1.82) is 0 Å². The van der Waals surface area contributed by atoms with Crippen LogP contribution in [0.4, 0.5) is 0 Å². The Labute approximate surface area is 79.1 Å². The van der Waals surface area contributed by atoms with Gasteiger partial charge in [-0.1, -0.05) is 6.42 Å². The third kappa shape index (κ3) is 4.30. The number of piperidine rings is 1. The highest BCUT2D eigenvalue weighted by molar-refractivity contribution is 7.95. The average molecular weight is 190 g/mol. The molecule has 0 aromatic heterocycles. The van der Waals surface area contributed by atoms with Crippen LogP contribution < -0.4 is 4.72 Å². The van der Waals surface area contributed by atoms with Gasteiger partial charge in [-0.25, -0.2) is 9.03 Å². The Morgan fingerprint density at radius 2 is 2.08 bits per heavy atom. The van der Waals surface area contributed by atoms with Crippen molar-refractivity contribution in [3.63, 3.8) is 0 Å². The maximum Gasteiger partial charge on any atom is 0.0596 e. The molecule has 0 bridgehead atoms. The molecule has 0 unspecified atom stereocenters. The smallest absolute Gasteiger partial charge is 0.0596 e. The van der Waals surface area contributed by atoms with Gasteiger partial charge in [0.05, 0.1) is 6.61 Å². The molecule has 1 aliphatic heterocycles. The van der Waals surface area contributed by atoms with Crippen molar-refractivity contribution in [2.45, 2.75) is 19.3 Å². The highest BCUT2D eigenvalue weighted by Gasteiger charge is 2.09. The second-order valence-corrected chi connectivity index (χ2v) is 3.96. The van der Waals surface area contributed by atoms with E-state index in [2.05, 4.69) is 9.03 Å². The number of rotatable bonds is 5. The Bertz CT molecular complexity index is 107. The van der Waals surface area contributed by atoms with Gasteiger partial charge >= 0.3 is 0 Å². The summed E-state index contributed by atoms with van der Waals surface area (Å²) < 4.78 is 10.6. The molecule has 1 fully saturated rings. The molecule has 0 aliphatic carbocycles. The molecular weight excluding hydrogens is 172 g/mol. The first-order chi connectivity index (χ1) is 5.93. The Morgan fingerprint density at radius 3 is 2.75 bits per heavy atom. The molecule has 12 heavy (non-hydrogen) atoms. The fraction of sp³-hybridized carbons (Fsp3) is 1.00. The standard InChI is InChI=1S/C8H18N2OS/c1-11-8-5-9-12-10-6-3-2-4-7-10/h9H,2-8H2,1H3. The lowest BCUT2D eigenvalue weighted by molar-refractivity contribution is 0.204. The van der Waals surface area contributed by atoms with Gasteiger partial charge in [0.1, 0.15) is 0 Å². The van der Waals surface area contributed by atoms with Gasteiger partial charge in [-0.15, -0.1) is 0 Å². The Hall–Kier alpha value is 0.230. The number of hydrogen-bond acceptors (Lipinski definition) is 4. The summed E-state index contributed by atoms with van der Waals surface area (Å²) in [6.07, 6.45) is 4.09. The Balaban J connectivity index is 1.91. The van der Waals surface area contributed by atoms with Gasteiger partial charge in [0, 0.05) is 38.9 Å². The monoisotopic (exact) mass is 190 g/mol. The van der Waals surface area contributed by atoms with Gasteiger partial charge < -0.3 is 4.74 Å². The maximum atomic E-state index is 4.94. The van der Waals surface area contributed by atoms with E-state index in [9.17, 15) is 0 Å². The van der Waals surface area contributed by atoms with Crippen molar-refractivity contribution in [1.82, 2.24) is 9.03 Å². The summed E-state index contributed by atoms with van der Waals surface area (Å²) in [5.41, 5.74) is 0. The second-order valence-electron chi connectivity index (χ2n) is 2.97. The normalized spacial score (nSPS) is 19.8. The van der Waals surface area contributed by atoms with E-state index in [0.29, 0.717) is 0 Å². The van der Waals surface area contributed by atoms with E-state index in [1.165, 1.54) is 32.4 Å². The van der Waals surface area contributed by atoms with Crippen LogP contribution in [0.5, 0.6) is 0 Å². The second kappa shape index (κ2) is 6.71. The van der Waals surface area contributed by atoms with Crippen LogP contribution in [0.2, 0.25) is 0 Å². The van der Waals surface area contributed by atoms with Crippen molar-refractivity contribution in [2.24, 2.45) is 0 Å². The Kier molecular flexibility index (Phi) is 5.77. The highest BCUT2D eigenvalue weighted by atomic mass is 32.2. The molecule has 72 valence electrons. The Morgan fingerprint density at radius 1 is 1.33 bits per heavy atom. The third-order valence-corrected chi connectivity index (χ3v) is 2.87. The molecule has 4 heteroatoms. The minimum Gasteiger partial charge on any atom is -0.383 e. The summed E-state index contributed by atoms with van der Waals surface area (Å²) in [6, 6.07) is 0. The molecule has 0 saturated carbocycles. The number of nitrogens with zero attached hydrogens (tertiary/aromatic N) is 1. The van der Waals surface area contributed by atoms with Gasteiger partial charge in [0.15, 0.2) is 0 Å². The number of nitrogens with one attached hydrogen (secondary N) is 1. The van der Waals surface area contributed by atoms with Crippen LogP contribution in [0.1, 0.15) is 19.3 Å². The van der Waals surface area contributed by atoms with Gasteiger partial charge in [0.25, 0.3) is 0 Å². The van der Waals surface area contributed by atoms with Gasteiger partial charge in [0.2, 0.25) is 0 Å². The van der Waals surface area contributed by atoms with Crippen LogP contribution in [-0.2, 0) is 4.74 Å². The highest BCUT2D eigenvalue weighted by Crippen LogP contribution is 2.14. The van der Waals surface area contributed by atoms with Crippen molar-refractivity contribution in [3.05, 3.63) is 0 Å². The van der Waals surface area contributed by atoms with E-state index in [4.69, 9.17) is 4.74 Å². The molecule has 0 aromatic carbocycles. The van der Waals surface area contributed by atoms with E-state index in [-0.39, 0.29) is 0 Å². The maximum absolute atomic E-state index is 4.94. The SMILES string of the molecule is COCCNSN1CCCCC1. The van der Waals surface area contributed by atoms with E-state index < -0.39 is 0 Å². The van der Waals surface area contributed by atoms with Gasteiger partial charge in [-0.2, -0.15) is 0 Å². The molecule has 1 aliphatic rings. The quantitative estimate of drug-likeness (QED) is 0.521. The third-order valence-electron chi connectivity index (χ3n) is 1.92. The van der Waals surface area contributed by atoms with E-state index in [1.54, 1.807) is 19.2 Å². The molecule has 0 spiro atoms. The lowest BCUT2D eigenvalue weighted by atomic mass is 10.2.